The zero-order valence-electron chi connectivity index (χ0n) is 20.0. The Hall–Kier alpha value is -2.70. The van der Waals surface area contributed by atoms with Gasteiger partial charge in [0, 0.05) is 0 Å². The largest absolute Gasteiger partial charge is 0.296 e. The number of fused-ring (bicyclic) bond motifs is 2. The molecule has 2 aromatic rings. The van der Waals surface area contributed by atoms with E-state index in [9.17, 15) is 25.9 Å². The van der Waals surface area contributed by atoms with Gasteiger partial charge in [0.1, 0.15) is 4.90 Å². The third kappa shape index (κ3) is 5.98. The van der Waals surface area contributed by atoms with Gasteiger partial charge >= 0.3 is 0 Å². The van der Waals surface area contributed by atoms with Crippen molar-refractivity contribution in [2.45, 2.75) is 49.8 Å². The Morgan fingerprint density at radius 3 is 2.36 bits per heavy atom. The van der Waals surface area contributed by atoms with E-state index in [1.807, 2.05) is 6.07 Å². The molecule has 0 amide bonds. The van der Waals surface area contributed by atoms with Crippen molar-refractivity contribution < 1.29 is 25.9 Å². The molecule has 0 aromatic heterocycles. The van der Waals surface area contributed by atoms with Crippen LogP contribution in [0.2, 0.25) is 0 Å². The number of aromatic nitrogens is 1. The molecule has 1 heterocycles. The van der Waals surface area contributed by atoms with Gasteiger partial charge in [-0.05, 0) is 72.4 Å². The molecule has 190 valence electrons. The van der Waals surface area contributed by atoms with Gasteiger partial charge in [-0.15, -0.1) is 11.3 Å². The normalized spacial score (nSPS) is 13.5. The van der Waals surface area contributed by atoms with Crippen LogP contribution in [0.1, 0.15) is 39.2 Å². The number of hydrogen-bond donors (Lipinski definition) is 2. The minimum Gasteiger partial charge on any atom is -0.282 e. The first-order chi connectivity index (χ1) is 16.7. The van der Waals surface area contributed by atoms with Gasteiger partial charge in [-0.2, -0.15) is 16.8 Å². The lowest BCUT2D eigenvalue weighted by Crippen LogP contribution is -2.14. The van der Waals surface area contributed by atoms with E-state index in [2.05, 4.69) is 37.9 Å². The second kappa shape index (κ2) is 9.64. The summed E-state index contributed by atoms with van der Waals surface area (Å²) < 4.78 is 66.5. The monoisotopic (exact) mass is 546 g/mol. The lowest BCUT2D eigenvalue weighted by Gasteiger charge is -2.24. The van der Waals surface area contributed by atoms with Crippen molar-refractivity contribution in [3.63, 3.8) is 0 Å². The van der Waals surface area contributed by atoms with E-state index >= 15 is 0 Å². The van der Waals surface area contributed by atoms with Crippen LogP contribution in [0.5, 0.6) is 0 Å². The average molecular weight is 547 g/mol. The van der Waals surface area contributed by atoms with Crippen molar-refractivity contribution in [2.75, 3.05) is 0 Å². The Labute approximate surface area is 214 Å². The third-order valence-electron chi connectivity index (χ3n) is 5.79. The molecule has 36 heavy (non-hydrogen) atoms. The van der Waals surface area contributed by atoms with Crippen LogP contribution >= 0.6 is 11.3 Å². The number of benzene rings is 3. The van der Waals surface area contributed by atoms with Gasteiger partial charge in [0.2, 0.25) is 0 Å². The zero-order valence-corrected chi connectivity index (χ0v) is 22.4. The van der Waals surface area contributed by atoms with Crippen LogP contribution in [0.3, 0.4) is 0 Å². The average Bonchev–Trinajstić information content (AvgIpc) is 2.76. The summed E-state index contributed by atoms with van der Waals surface area (Å²) in [5.41, 5.74) is 2.73. The minimum atomic E-state index is -4.69. The number of rotatable bonds is 7. The highest BCUT2D eigenvalue weighted by Gasteiger charge is 2.20. The predicted molar refractivity (Wildman–Crippen MR) is 140 cm³/mol. The molecule has 8 nitrogen and oxygen atoms in total. The first-order valence-electron chi connectivity index (χ1n) is 11.2. The fourth-order valence-corrected chi connectivity index (χ4v) is 6.35. The van der Waals surface area contributed by atoms with Gasteiger partial charge < -0.3 is 0 Å². The molecular weight excluding hydrogens is 520 g/mol. The Bertz CT molecular complexity index is 1710. The molecule has 2 N–H and O–H groups in total. The summed E-state index contributed by atoms with van der Waals surface area (Å²) in [7, 11) is -9.29. The Morgan fingerprint density at radius 1 is 0.944 bits per heavy atom. The maximum atomic E-state index is 11.8. The Morgan fingerprint density at radius 2 is 1.69 bits per heavy atom. The second-order valence-corrected chi connectivity index (χ2v) is 13.3. The van der Waals surface area contributed by atoms with Crippen LogP contribution in [-0.4, -0.2) is 30.9 Å². The van der Waals surface area contributed by atoms with Gasteiger partial charge in [-0.3, -0.25) is 9.11 Å². The standard InChI is InChI=1S/C25H26N2O6S3/c1-4-11-25(2,3)15-16-5-9-22-20(12-16)27-19-8-6-17(13-23(19)34-22)26-21-14-18(35(28,29)30)7-10-24(21)36(31,32)33/h5-10,12-14H,4,11,15H2,1-3H3,(H,28,29,30)(H,31,32,33). The highest BCUT2D eigenvalue weighted by molar-refractivity contribution is 7.86. The van der Waals surface area contributed by atoms with Crippen molar-refractivity contribution >= 4 is 47.5 Å². The summed E-state index contributed by atoms with van der Waals surface area (Å²) in [6.45, 7) is 6.72. The van der Waals surface area contributed by atoms with E-state index < -0.39 is 30.0 Å². The van der Waals surface area contributed by atoms with E-state index in [1.54, 1.807) is 18.2 Å². The molecule has 0 saturated carbocycles. The van der Waals surface area contributed by atoms with Crippen molar-refractivity contribution in [1.82, 2.24) is 4.98 Å². The molecule has 11 heteroatoms. The van der Waals surface area contributed by atoms with Crippen molar-refractivity contribution in [1.29, 1.82) is 0 Å². The summed E-state index contributed by atoms with van der Waals surface area (Å²) in [4.78, 5) is 8.71. The van der Waals surface area contributed by atoms with Crippen molar-refractivity contribution in [3.05, 3.63) is 65.5 Å². The molecule has 0 spiro atoms. The highest BCUT2D eigenvalue weighted by atomic mass is 32.2. The first kappa shape index (κ1) is 26.4. The van der Waals surface area contributed by atoms with Gasteiger partial charge in [-0.25, -0.2) is 9.98 Å². The van der Waals surface area contributed by atoms with Crippen molar-refractivity contribution in [3.8, 4) is 10.6 Å². The molecule has 0 unspecified atom stereocenters. The van der Waals surface area contributed by atoms with E-state index in [0.29, 0.717) is 5.36 Å². The van der Waals surface area contributed by atoms with Crippen LogP contribution in [-0.2, 0) is 26.7 Å². The fraction of sp³-hybridized carbons (Fsp3) is 0.280. The molecular formula is C25H26N2O6S3. The molecule has 0 atom stereocenters. The molecule has 0 bridgehead atoms. The van der Waals surface area contributed by atoms with Crippen LogP contribution < -0.4 is 5.36 Å². The molecule has 1 aliphatic carbocycles. The van der Waals surface area contributed by atoms with Crippen LogP contribution in [0.4, 0.5) is 5.69 Å². The Kier molecular flexibility index (Phi) is 7.06. The fourth-order valence-electron chi connectivity index (χ4n) is 4.26. The summed E-state index contributed by atoms with van der Waals surface area (Å²) >= 11 is 1.50. The molecule has 4 rings (SSSR count). The van der Waals surface area contributed by atoms with E-state index in [4.69, 9.17) is 4.98 Å². The minimum absolute atomic E-state index is 0.201. The van der Waals surface area contributed by atoms with Gasteiger partial charge in [-0.1, -0.05) is 33.3 Å². The lowest BCUT2D eigenvalue weighted by molar-refractivity contribution is 0.329. The van der Waals surface area contributed by atoms with E-state index in [0.717, 1.165) is 58.2 Å². The van der Waals surface area contributed by atoms with Gasteiger partial charge in [0.15, 0.2) is 0 Å². The summed E-state index contributed by atoms with van der Waals surface area (Å²) in [5.74, 6) is 0. The van der Waals surface area contributed by atoms with Crippen LogP contribution in [0.25, 0.3) is 20.8 Å². The maximum absolute atomic E-state index is 11.8. The van der Waals surface area contributed by atoms with E-state index in [-0.39, 0.29) is 11.1 Å². The molecule has 0 saturated heterocycles. The number of nitrogens with zero attached hydrogens (tertiary/aromatic N) is 2. The van der Waals surface area contributed by atoms with Crippen LogP contribution in [0, 0.1) is 5.41 Å². The topological polar surface area (TPSA) is 134 Å². The molecule has 0 fully saturated rings. The summed E-state index contributed by atoms with van der Waals surface area (Å²) in [6, 6.07) is 14.0. The molecule has 1 aliphatic heterocycles. The molecule has 2 aliphatic rings. The number of hydrogen-bond acceptors (Lipinski definition) is 7. The summed E-state index contributed by atoms with van der Waals surface area (Å²) in [5, 5.41) is 0.329. The lowest BCUT2D eigenvalue weighted by atomic mass is 9.82. The predicted octanol–water partition coefficient (Wildman–Crippen LogP) is 5.50. The zero-order chi connectivity index (χ0) is 26.3. The second-order valence-electron chi connectivity index (χ2n) is 9.45. The quantitative estimate of drug-likeness (QED) is 0.231. The first-order valence-corrected chi connectivity index (χ1v) is 14.9. The summed E-state index contributed by atoms with van der Waals surface area (Å²) in [6.07, 6.45) is 3.22. The molecule has 2 aromatic carbocycles. The SMILES string of the molecule is CCCC(C)(C)Cc1ccc2sc3cc(=Nc4cc(S(=O)(=O)O)ccc4S(=O)(=O)O)ccc-3nc2c1. The molecule has 0 radical (unpaired) electrons. The van der Waals surface area contributed by atoms with Crippen molar-refractivity contribution in [2.24, 2.45) is 10.4 Å². The Balaban J connectivity index is 1.81. The van der Waals surface area contributed by atoms with E-state index in [1.165, 1.54) is 16.9 Å². The van der Waals surface area contributed by atoms with Gasteiger partial charge in [0.05, 0.1) is 36.7 Å². The smallest absolute Gasteiger partial charge is 0.282 e. The highest BCUT2D eigenvalue weighted by Crippen LogP contribution is 2.33. The third-order valence-corrected chi connectivity index (χ3v) is 8.66. The van der Waals surface area contributed by atoms with Gasteiger partial charge in [0.25, 0.3) is 20.2 Å². The van der Waals surface area contributed by atoms with Crippen LogP contribution in [0.15, 0.2) is 69.4 Å². The maximum Gasteiger partial charge on any atom is 0.296 e.